The van der Waals surface area contributed by atoms with Gasteiger partial charge in [0.1, 0.15) is 17.4 Å². The van der Waals surface area contributed by atoms with E-state index in [2.05, 4.69) is 56.2 Å². The van der Waals surface area contributed by atoms with Crippen LogP contribution in [0.4, 0.5) is 10.2 Å². The summed E-state index contributed by atoms with van der Waals surface area (Å²) in [7, 11) is 1.68. The maximum absolute atomic E-state index is 12.0. The Morgan fingerprint density at radius 2 is 1.69 bits per heavy atom. The van der Waals surface area contributed by atoms with Crippen molar-refractivity contribution in [3.63, 3.8) is 0 Å². The third-order valence-corrected chi connectivity index (χ3v) is 5.74. The number of aromatic nitrogens is 5. The summed E-state index contributed by atoms with van der Waals surface area (Å²) in [5.74, 6) is 2.96. The Labute approximate surface area is 249 Å². The molecule has 0 radical (unpaired) electrons. The molecule has 1 N–H and O–H groups in total. The van der Waals surface area contributed by atoms with Crippen molar-refractivity contribution in [1.29, 1.82) is 0 Å². The predicted octanol–water partition coefficient (Wildman–Crippen LogP) is 7.13. The molecule has 1 saturated carbocycles. The van der Waals surface area contributed by atoms with Gasteiger partial charge < -0.3 is 14.8 Å². The van der Waals surface area contributed by atoms with Crippen LogP contribution in [0.3, 0.4) is 0 Å². The molecule has 4 aromatic rings. The minimum absolute atomic E-state index is 0. The summed E-state index contributed by atoms with van der Waals surface area (Å²) in [6, 6.07) is 12.9. The minimum atomic E-state index is -0.475. The van der Waals surface area contributed by atoms with Crippen LogP contribution in [-0.4, -0.2) is 44.5 Å². The number of anilines is 1. The van der Waals surface area contributed by atoms with E-state index in [0.29, 0.717) is 36.2 Å². The van der Waals surface area contributed by atoms with Crippen LogP contribution in [0.5, 0.6) is 11.6 Å². The molecule has 5 rings (SSSR count). The largest absolute Gasteiger partial charge is 0.497 e. The van der Waals surface area contributed by atoms with E-state index in [-0.39, 0.29) is 7.33 Å². The number of hydrogen-bond acceptors (Lipinski definition) is 8. The molecule has 1 aromatic carbocycles. The van der Waals surface area contributed by atoms with Crippen molar-refractivity contribution in [2.45, 2.75) is 60.3 Å². The molecule has 0 spiro atoms. The van der Waals surface area contributed by atoms with E-state index in [1.165, 1.54) is 30.7 Å². The number of aryl methyl sites for hydroxylation is 2. The van der Waals surface area contributed by atoms with Crippen LogP contribution in [-0.2, 0) is 11.2 Å². The summed E-state index contributed by atoms with van der Waals surface area (Å²) in [6.07, 6.45) is 10.7. The lowest BCUT2D eigenvalue weighted by atomic mass is 10.2. The molecule has 1 amide bonds. The number of ether oxygens (including phenoxy) is 2. The summed E-state index contributed by atoms with van der Waals surface area (Å²) in [4.78, 5) is 30.9. The molecule has 0 unspecified atom stereocenters. The van der Waals surface area contributed by atoms with Crippen LogP contribution < -0.4 is 14.8 Å². The number of carbonyl (C=O) groups excluding carboxylic acids is 1. The van der Waals surface area contributed by atoms with Gasteiger partial charge >= 0.3 is 0 Å². The smallest absolute Gasteiger partial charge is 0.232 e. The van der Waals surface area contributed by atoms with Gasteiger partial charge in [0.05, 0.1) is 31.8 Å². The first-order valence-corrected chi connectivity index (χ1v) is 14.1. The quantitative estimate of drug-likeness (QED) is 0.231. The molecule has 1 fully saturated rings. The van der Waals surface area contributed by atoms with Crippen LogP contribution in [0.2, 0.25) is 0 Å². The Morgan fingerprint density at radius 3 is 2.12 bits per heavy atom. The zero-order valence-corrected chi connectivity index (χ0v) is 25.3. The van der Waals surface area contributed by atoms with Crippen LogP contribution in [0.1, 0.15) is 59.8 Å². The first-order chi connectivity index (χ1) is 20.3. The first-order valence-electron chi connectivity index (χ1n) is 14.1. The second kappa shape index (κ2) is 18.8. The maximum atomic E-state index is 12.0. The number of benzene rings is 1. The number of methoxy groups -OCH3 is 1. The predicted molar refractivity (Wildman–Crippen MR) is 165 cm³/mol. The summed E-state index contributed by atoms with van der Waals surface area (Å²) >= 11 is 0. The Hall–Kier alpha value is -4.47. The van der Waals surface area contributed by atoms with Crippen molar-refractivity contribution in [2.75, 3.05) is 19.0 Å². The Kier molecular flexibility index (Phi) is 15.1. The third-order valence-electron chi connectivity index (χ3n) is 5.74. The van der Waals surface area contributed by atoms with Crippen molar-refractivity contribution in [2.24, 2.45) is 5.92 Å². The van der Waals surface area contributed by atoms with E-state index < -0.39 is 5.95 Å². The number of nitrogens with one attached hydrogen (secondary N) is 1. The van der Waals surface area contributed by atoms with Gasteiger partial charge in [-0.3, -0.25) is 4.79 Å². The molecule has 3 aromatic heterocycles. The van der Waals surface area contributed by atoms with Crippen molar-refractivity contribution in [3.8, 4) is 22.9 Å². The Bertz CT molecular complexity index is 1280. The van der Waals surface area contributed by atoms with Gasteiger partial charge in [-0.25, -0.2) is 24.9 Å². The SMILES string of the molecule is CC1CC1.CCOc1cnc(-c2ccc(NC(=O)CC)nc2)cn1.CCc1ccc(OC)cc1.Cc1nccc(F)n1.[HH]. The van der Waals surface area contributed by atoms with Crippen molar-refractivity contribution < 1.29 is 20.1 Å². The Morgan fingerprint density at radius 1 is 0.976 bits per heavy atom. The molecule has 1 aliphatic rings. The van der Waals surface area contributed by atoms with Crippen molar-refractivity contribution in [3.05, 3.63) is 84.6 Å². The monoisotopic (exact) mass is 578 g/mol. The summed E-state index contributed by atoms with van der Waals surface area (Å²) in [5, 5.41) is 2.69. The lowest BCUT2D eigenvalue weighted by Crippen LogP contribution is -2.10. The molecule has 10 heteroatoms. The molecule has 42 heavy (non-hydrogen) atoms. The number of nitrogens with zero attached hydrogens (tertiary/aromatic N) is 5. The summed E-state index contributed by atoms with van der Waals surface area (Å²) in [6.45, 7) is 10.3. The standard InChI is InChI=1S/C14H16N4O2.C9H12O.C5H5FN2.C4H8.H2/c1-3-13(19)18-12-6-5-10(7-16-12)11-8-17-14(9-15-11)20-4-2;1-3-8-4-6-9(10-2)7-5-8;1-4-7-3-2-5(6)8-4;1-4-2-3-4;/h5-9H,3-4H2,1-2H3,(H,16,18,19);4-7H,3H2,1-2H3;2-3H,1H3;4H,2-3H2,1H3;1H. The maximum Gasteiger partial charge on any atom is 0.232 e. The number of carbonyl (C=O) groups is 1. The zero-order chi connectivity index (χ0) is 30.7. The molecule has 0 atom stereocenters. The molecule has 226 valence electrons. The lowest BCUT2D eigenvalue weighted by molar-refractivity contribution is -0.115. The zero-order valence-electron chi connectivity index (χ0n) is 25.3. The molecular formula is C32H43FN6O3. The van der Waals surface area contributed by atoms with Gasteiger partial charge in [-0.05, 0) is 56.0 Å². The molecule has 1 aliphatic carbocycles. The molecule has 0 bridgehead atoms. The van der Waals surface area contributed by atoms with Gasteiger partial charge in [0.25, 0.3) is 0 Å². The molecular weight excluding hydrogens is 535 g/mol. The second-order valence-electron chi connectivity index (χ2n) is 9.32. The van der Waals surface area contributed by atoms with E-state index in [4.69, 9.17) is 9.47 Å². The molecule has 0 saturated heterocycles. The van der Waals surface area contributed by atoms with E-state index in [9.17, 15) is 9.18 Å². The summed E-state index contributed by atoms with van der Waals surface area (Å²) in [5.41, 5.74) is 2.88. The number of pyridine rings is 1. The molecule has 0 aliphatic heterocycles. The first kappa shape index (κ1) is 33.7. The van der Waals surface area contributed by atoms with Gasteiger partial charge in [-0.1, -0.05) is 45.7 Å². The second-order valence-corrected chi connectivity index (χ2v) is 9.32. The summed E-state index contributed by atoms with van der Waals surface area (Å²) < 4.78 is 22.3. The Balaban J connectivity index is 0.000000333. The highest BCUT2D eigenvalue weighted by atomic mass is 19.1. The lowest BCUT2D eigenvalue weighted by Gasteiger charge is -2.05. The fraction of sp³-hybridized carbons (Fsp3) is 0.375. The van der Waals surface area contributed by atoms with E-state index in [1.807, 2.05) is 25.1 Å². The highest BCUT2D eigenvalue weighted by Gasteiger charge is 2.12. The highest BCUT2D eigenvalue weighted by molar-refractivity contribution is 5.89. The van der Waals surface area contributed by atoms with Crippen molar-refractivity contribution in [1.82, 2.24) is 24.9 Å². The highest BCUT2D eigenvalue weighted by Crippen LogP contribution is 2.26. The van der Waals surface area contributed by atoms with Gasteiger partial charge in [0.15, 0.2) is 0 Å². The fourth-order valence-electron chi connectivity index (χ4n) is 2.99. The van der Waals surface area contributed by atoms with Crippen LogP contribution in [0.15, 0.2) is 67.3 Å². The van der Waals surface area contributed by atoms with Crippen LogP contribution >= 0.6 is 0 Å². The van der Waals surface area contributed by atoms with Crippen molar-refractivity contribution >= 4 is 11.7 Å². The van der Waals surface area contributed by atoms with Crippen LogP contribution in [0.25, 0.3) is 11.3 Å². The third kappa shape index (κ3) is 13.7. The van der Waals surface area contributed by atoms with Gasteiger partial charge in [-0.2, -0.15) is 4.39 Å². The van der Waals surface area contributed by atoms with E-state index in [0.717, 1.165) is 23.7 Å². The van der Waals surface area contributed by atoms with Gasteiger partial charge in [0.2, 0.25) is 17.7 Å². The number of amides is 1. The normalized spacial score (nSPS) is 11.3. The van der Waals surface area contributed by atoms with Gasteiger partial charge in [0, 0.05) is 31.9 Å². The fourth-order valence-corrected chi connectivity index (χ4v) is 2.99. The number of hydrogen-bond donors (Lipinski definition) is 1. The number of halogens is 1. The minimum Gasteiger partial charge on any atom is -0.497 e. The molecule has 3 heterocycles. The number of rotatable bonds is 7. The average Bonchev–Trinajstić information content (AvgIpc) is 3.81. The van der Waals surface area contributed by atoms with Gasteiger partial charge in [-0.15, -0.1) is 0 Å². The van der Waals surface area contributed by atoms with Crippen LogP contribution in [0, 0.1) is 18.8 Å². The molecule has 9 nitrogen and oxygen atoms in total. The topological polar surface area (TPSA) is 112 Å². The van der Waals surface area contributed by atoms with E-state index in [1.54, 1.807) is 45.6 Å². The van der Waals surface area contributed by atoms with E-state index >= 15 is 0 Å². The average molecular weight is 579 g/mol.